The number of carbonyl (C=O) groups is 2. The van der Waals surface area contributed by atoms with E-state index < -0.39 is 5.41 Å². The molecule has 1 aliphatic carbocycles. The highest BCUT2D eigenvalue weighted by Crippen LogP contribution is 2.37. The second-order valence-corrected chi connectivity index (χ2v) is 9.19. The van der Waals surface area contributed by atoms with Gasteiger partial charge in [0.25, 0.3) is 0 Å². The molecule has 31 heavy (non-hydrogen) atoms. The fourth-order valence-corrected chi connectivity index (χ4v) is 4.10. The Kier molecular flexibility index (Phi) is 4.46. The number of rotatable bonds is 3. The van der Waals surface area contributed by atoms with Crippen LogP contribution in [0.15, 0.2) is 41.5 Å². The van der Waals surface area contributed by atoms with E-state index in [9.17, 15) is 9.59 Å². The van der Waals surface area contributed by atoms with Crippen molar-refractivity contribution < 1.29 is 9.59 Å². The van der Waals surface area contributed by atoms with Gasteiger partial charge in [0.1, 0.15) is 5.82 Å². The van der Waals surface area contributed by atoms with Crippen LogP contribution in [0.2, 0.25) is 0 Å². The maximum Gasteiger partial charge on any atom is 0.322 e. The molecule has 0 spiro atoms. The molecule has 1 saturated carbocycles. The third-order valence-corrected chi connectivity index (χ3v) is 6.07. The van der Waals surface area contributed by atoms with Crippen molar-refractivity contribution in [1.29, 1.82) is 0 Å². The number of nitrogens with one attached hydrogen (secondary N) is 1. The molecule has 3 heterocycles. The highest BCUT2D eigenvalue weighted by molar-refractivity contribution is 6.06. The summed E-state index contributed by atoms with van der Waals surface area (Å²) in [6.07, 6.45) is 2.64. The van der Waals surface area contributed by atoms with Crippen LogP contribution in [0.4, 0.5) is 16.3 Å². The first kappa shape index (κ1) is 19.5. The Hall–Kier alpha value is -3.42. The molecule has 8 nitrogen and oxygen atoms in total. The lowest BCUT2D eigenvalue weighted by Crippen LogP contribution is -2.45. The first-order chi connectivity index (χ1) is 14.8. The minimum absolute atomic E-state index is 0.102. The highest BCUT2D eigenvalue weighted by atomic mass is 16.2. The Morgan fingerprint density at radius 1 is 1.13 bits per heavy atom. The zero-order valence-electron chi connectivity index (χ0n) is 17.8. The highest BCUT2D eigenvalue weighted by Gasteiger charge is 2.44. The molecule has 3 amide bonds. The SMILES string of the molecule is CC1(C)CC(c2ccc(NC(=O)N3Cc4ccc(N)nc4C3)cc2)=NN(C2CC2)C1=O. The van der Waals surface area contributed by atoms with Crippen molar-refractivity contribution in [3.8, 4) is 0 Å². The molecule has 1 aromatic carbocycles. The van der Waals surface area contributed by atoms with Gasteiger partial charge in [0.05, 0.1) is 29.4 Å². The molecule has 1 fully saturated rings. The maximum atomic E-state index is 12.7. The van der Waals surface area contributed by atoms with Crippen LogP contribution in [0, 0.1) is 5.41 Å². The topological polar surface area (TPSA) is 104 Å². The molecule has 1 aromatic heterocycles. The standard InChI is InChI=1S/C23H26N6O2/c1-23(2)11-18(27-29(21(23)30)17-8-9-17)14-3-6-16(7-4-14)25-22(31)28-12-15-5-10-20(24)26-19(15)13-28/h3-7,10,17H,8-9,11-13H2,1-2H3,(H2,24,26)(H,25,31). The fraction of sp³-hybridized carbons (Fsp3) is 0.391. The lowest BCUT2D eigenvalue weighted by Gasteiger charge is -2.34. The third-order valence-electron chi connectivity index (χ3n) is 6.07. The van der Waals surface area contributed by atoms with E-state index in [1.165, 1.54) is 0 Å². The number of anilines is 2. The summed E-state index contributed by atoms with van der Waals surface area (Å²) in [6, 6.07) is 11.4. The van der Waals surface area contributed by atoms with E-state index in [0.29, 0.717) is 31.0 Å². The summed E-state index contributed by atoms with van der Waals surface area (Å²) >= 11 is 0. The zero-order chi connectivity index (χ0) is 21.8. The average molecular weight is 419 g/mol. The molecule has 160 valence electrons. The number of nitrogens with two attached hydrogens (primary N) is 1. The lowest BCUT2D eigenvalue weighted by molar-refractivity contribution is -0.141. The van der Waals surface area contributed by atoms with E-state index >= 15 is 0 Å². The number of pyridine rings is 1. The summed E-state index contributed by atoms with van der Waals surface area (Å²) in [5.41, 5.74) is 9.74. The summed E-state index contributed by atoms with van der Waals surface area (Å²) in [7, 11) is 0. The average Bonchev–Trinajstić information content (AvgIpc) is 3.49. The van der Waals surface area contributed by atoms with Gasteiger partial charge in [-0.25, -0.2) is 14.8 Å². The quantitative estimate of drug-likeness (QED) is 0.798. The molecule has 2 aliphatic heterocycles. The summed E-state index contributed by atoms with van der Waals surface area (Å²) in [5.74, 6) is 0.567. The number of nitrogens with zero attached hydrogens (tertiary/aromatic N) is 4. The van der Waals surface area contributed by atoms with Gasteiger partial charge in [-0.3, -0.25) is 4.79 Å². The van der Waals surface area contributed by atoms with Gasteiger partial charge in [-0.1, -0.05) is 32.0 Å². The molecule has 8 heteroatoms. The monoisotopic (exact) mass is 418 g/mol. The van der Waals surface area contributed by atoms with E-state index in [0.717, 1.165) is 35.4 Å². The number of fused-ring (bicyclic) bond motifs is 1. The molecule has 0 atom stereocenters. The van der Waals surface area contributed by atoms with Crippen LogP contribution < -0.4 is 11.1 Å². The number of hydrogen-bond donors (Lipinski definition) is 2. The van der Waals surface area contributed by atoms with Crippen LogP contribution in [0.3, 0.4) is 0 Å². The van der Waals surface area contributed by atoms with Crippen molar-refractivity contribution in [2.45, 2.75) is 52.2 Å². The predicted molar refractivity (Wildman–Crippen MR) is 118 cm³/mol. The summed E-state index contributed by atoms with van der Waals surface area (Å²) in [4.78, 5) is 31.4. The molecule has 3 N–H and O–H groups in total. The largest absolute Gasteiger partial charge is 0.384 e. The van der Waals surface area contributed by atoms with E-state index in [4.69, 9.17) is 5.73 Å². The number of hydrazone groups is 1. The fourth-order valence-electron chi connectivity index (χ4n) is 4.10. The third kappa shape index (κ3) is 3.73. The van der Waals surface area contributed by atoms with Gasteiger partial charge >= 0.3 is 6.03 Å². The van der Waals surface area contributed by atoms with Crippen molar-refractivity contribution in [2.24, 2.45) is 10.5 Å². The molecular formula is C23H26N6O2. The van der Waals surface area contributed by atoms with Crippen LogP contribution in [-0.2, 0) is 17.9 Å². The number of hydrogen-bond acceptors (Lipinski definition) is 5. The lowest BCUT2D eigenvalue weighted by atomic mass is 9.82. The number of aromatic nitrogens is 1. The Morgan fingerprint density at radius 3 is 2.58 bits per heavy atom. The second kappa shape index (κ2) is 7.08. The molecule has 5 rings (SSSR count). The van der Waals surface area contributed by atoms with Gasteiger partial charge in [0.2, 0.25) is 5.91 Å². The molecule has 0 saturated heterocycles. The maximum absolute atomic E-state index is 12.7. The van der Waals surface area contributed by atoms with Crippen molar-refractivity contribution in [1.82, 2.24) is 14.9 Å². The van der Waals surface area contributed by atoms with Crippen LogP contribution in [0.5, 0.6) is 0 Å². The molecule has 2 aromatic rings. The Bertz CT molecular complexity index is 1090. The van der Waals surface area contributed by atoms with Crippen LogP contribution in [-0.4, -0.2) is 38.6 Å². The normalized spacial score (nSPS) is 19.8. The van der Waals surface area contributed by atoms with Gasteiger partial charge in [-0.15, -0.1) is 0 Å². The van der Waals surface area contributed by atoms with Crippen LogP contribution >= 0.6 is 0 Å². The van der Waals surface area contributed by atoms with Crippen molar-refractivity contribution in [3.63, 3.8) is 0 Å². The first-order valence-corrected chi connectivity index (χ1v) is 10.6. The van der Waals surface area contributed by atoms with E-state index in [1.807, 2.05) is 44.2 Å². The predicted octanol–water partition coefficient (Wildman–Crippen LogP) is 3.34. The number of amides is 3. The van der Waals surface area contributed by atoms with Crippen molar-refractivity contribution in [2.75, 3.05) is 11.1 Å². The molecular weight excluding hydrogens is 392 g/mol. The first-order valence-electron chi connectivity index (χ1n) is 10.6. The molecule has 0 bridgehead atoms. The van der Waals surface area contributed by atoms with E-state index in [-0.39, 0.29) is 18.0 Å². The second-order valence-electron chi connectivity index (χ2n) is 9.19. The van der Waals surface area contributed by atoms with Crippen LogP contribution in [0.25, 0.3) is 0 Å². The number of carbonyl (C=O) groups excluding carboxylic acids is 2. The van der Waals surface area contributed by atoms with Gasteiger partial charge in [-0.05, 0) is 42.2 Å². The van der Waals surface area contributed by atoms with Gasteiger partial charge in [0.15, 0.2) is 0 Å². The number of benzene rings is 1. The Balaban J connectivity index is 1.28. The van der Waals surface area contributed by atoms with Gasteiger partial charge in [-0.2, -0.15) is 5.10 Å². The molecule has 3 aliphatic rings. The zero-order valence-corrected chi connectivity index (χ0v) is 17.8. The summed E-state index contributed by atoms with van der Waals surface area (Å²) in [5, 5.41) is 9.29. The minimum atomic E-state index is -0.464. The van der Waals surface area contributed by atoms with Crippen LogP contribution in [0.1, 0.15) is 49.9 Å². The Labute approximate surface area is 181 Å². The van der Waals surface area contributed by atoms with Crippen molar-refractivity contribution in [3.05, 3.63) is 53.2 Å². The summed E-state index contributed by atoms with van der Waals surface area (Å²) in [6.45, 7) is 4.92. The Morgan fingerprint density at radius 2 is 1.87 bits per heavy atom. The number of nitrogen functional groups attached to an aromatic ring is 1. The smallest absolute Gasteiger partial charge is 0.322 e. The van der Waals surface area contributed by atoms with Gasteiger partial charge < -0.3 is 16.0 Å². The summed E-state index contributed by atoms with van der Waals surface area (Å²) < 4.78 is 0. The number of urea groups is 1. The van der Waals surface area contributed by atoms with E-state index in [2.05, 4.69) is 15.4 Å². The van der Waals surface area contributed by atoms with Gasteiger partial charge in [0, 0.05) is 18.7 Å². The van der Waals surface area contributed by atoms with E-state index in [1.54, 1.807) is 16.0 Å². The molecule has 0 radical (unpaired) electrons. The van der Waals surface area contributed by atoms with Crippen molar-refractivity contribution >= 4 is 29.2 Å². The molecule has 0 unspecified atom stereocenters. The minimum Gasteiger partial charge on any atom is -0.384 e.